The lowest BCUT2D eigenvalue weighted by Gasteiger charge is -2.18. The van der Waals surface area contributed by atoms with Crippen LogP contribution in [0.4, 0.5) is 0 Å². The fourth-order valence-electron chi connectivity index (χ4n) is 1.86. The molecule has 20 heavy (non-hydrogen) atoms. The highest BCUT2D eigenvalue weighted by molar-refractivity contribution is 7.88. The second-order valence-electron chi connectivity index (χ2n) is 5.07. The molecule has 0 amide bonds. The van der Waals surface area contributed by atoms with Gasteiger partial charge in [-0.05, 0) is 17.9 Å². The predicted molar refractivity (Wildman–Crippen MR) is 77.5 cm³/mol. The van der Waals surface area contributed by atoms with Crippen LogP contribution in [-0.2, 0) is 25.3 Å². The largest absolute Gasteiger partial charge is 0.468 e. The molecule has 0 saturated heterocycles. The summed E-state index contributed by atoms with van der Waals surface area (Å²) in [6.07, 6.45) is 0.403. The molecule has 0 aliphatic rings. The van der Waals surface area contributed by atoms with Crippen molar-refractivity contribution in [2.24, 2.45) is 5.92 Å². The molecular formula is C14H21NO4S. The normalized spacial score (nSPS) is 13.2. The number of rotatable bonds is 7. The van der Waals surface area contributed by atoms with Crippen molar-refractivity contribution in [1.29, 1.82) is 0 Å². The van der Waals surface area contributed by atoms with E-state index in [1.165, 1.54) is 7.11 Å². The van der Waals surface area contributed by atoms with Gasteiger partial charge in [0.05, 0.1) is 12.9 Å². The topological polar surface area (TPSA) is 72.5 Å². The summed E-state index contributed by atoms with van der Waals surface area (Å²) in [6, 6.07) is 7.99. The Morgan fingerprint density at radius 2 is 1.85 bits per heavy atom. The van der Waals surface area contributed by atoms with Gasteiger partial charge >= 0.3 is 5.97 Å². The number of benzene rings is 1. The Morgan fingerprint density at radius 1 is 1.25 bits per heavy atom. The molecule has 0 spiro atoms. The van der Waals surface area contributed by atoms with E-state index in [2.05, 4.69) is 9.46 Å². The van der Waals surface area contributed by atoms with Gasteiger partial charge in [0.25, 0.3) is 0 Å². The number of sulfonamides is 1. The van der Waals surface area contributed by atoms with Crippen LogP contribution < -0.4 is 4.72 Å². The van der Waals surface area contributed by atoms with Crippen molar-refractivity contribution in [3.05, 3.63) is 35.9 Å². The van der Waals surface area contributed by atoms with Gasteiger partial charge in [-0.2, -0.15) is 0 Å². The molecule has 0 aromatic heterocycles. The van der Waals surface area contributed by atoms with Gasteiger partial charge in [0, 0.05) is 0 Å². The number of ether oxygens (including phenoxy) is 1. The molecule has 0 saturated carbocycles. The van der Waals surface area contributed by atoms with Crippen molar-refractivity contribution in [1.82, 2.24) is 4.72 Å². The van der Waals surface area contributed by atoms with E-state index < -0.39 is 22.0 Å². The average molecular weight is 299 g/mol. The average Bonchev–Trinajstić information content (AvgIpc) is 2.36. The Bertz CT molecular complexity index is 525. The van der Waals surface area contributed by atoms with Gasteiger partial charge in [0.2, 0.25) is 10.0 Å². The lowest BCUT2D eigenvalue weighted by Crippen LogP contribution is -2.42. The third-order valence-corrected chi connectivity index (χ3v) is 4.07. The summed E-state index contributed by atoms with van der Waals surface area (Å²) >= 11 is 0. The minimum atomic E-state index is -3.59. The quantitative estimate of drug-likeness (QED) is 0.778. The predicted octanol–water partition coefficient (Wildman–Crippen LogP) is 1.69. The fraction of sp³-hybridized carbons (Fsp3) is 0.500. The second kappa shape index (κ2) is 7.40. The molecule has 0 aliphatic carbocycles. The first-order valence-electron chi connectivity index (χ1n) is 6.46. The molecule has 0 heterocycles. The zero-order valence-electron chi connectivity index (χ0n) is 12.0. The number of esters is 1. The van der Waals surface area contributed by atoms with Gasteiger partial charge in [0.15, 0.2) is 0 Å². The zero-order chi connectivity index (χ0) is 15.2. The van der Waals surface area contributed by atoms with Crippen molar-refractivity contribution >= 4 is 16.0 Å². The van der Waals surface area contributed by atoms with E-state index in [-0.39, 0.29) is 11.7 Å². The molecule has 1 atom stereocenters. The van der Waals surface area contributed by atoms with Crippen LogP contribution in [-0.4, -0.2) is 27.5 Å². The highest BCUT2D eigenvalue weighted by Gasteiger charge is 2.26. The summed E-state index contributed by atoms with van der Waals surface area (Å²) in [7, 11) is -2.33. The number of nitrogens with one attached hydrogen (secondary N) is 1. The van der Waals surface area contributed by atoms with E-state index in [4.69, 9.17) is 0 Å². The van der Waals surface area contributed by atoms with Crippen molar-refractivity contribution in [3.8, 4) is 0 Å². The molecule has 1 rings (SSSR count). The highest BCUT2D eigenvalue weighted by atomic mass is 32.2. The number of carbonyl (C=O) groups excluding carboxylic acids is 1. The summed E-state index contributed by atoms with van der Waals surface area (Å²) < 4.78 is 31.3. The first-order valence-corrected chi connectivity index (χ1v) is 8.11. The second-order valence-corrected chi connectivity index (χ2v) is 6.82. The highest BCUT2D eigenvalue weighted by Crippen LogP contribution is 2.10. The van der Waals surface area contributed by atoms with Gasteiger partial charge in [0.1, 0.15) is 6.04 Å². The fourth-order valence-corrected chi connectivity index (χ4v) is 3.20. The summed E-state index contributed by atoms with van der Waals surface area (Å²) in [6.45, 7) is 3.84. The summed E-state index contributed by atoms with van der Waals surface area (Å²) in [4.78, 5) is 11.6. The summed E-state index contributed by atoms with van der Waals surface area (Å²) in [5.74, 6) is -0.534. The molecule has 5 nitrogen and oxygen atoms in total. The Hall–Kier alpha value is -1.40. The maximum atomic E-state index is 12.1. The Labute approximate surface area is 120 Å². The smallest absolute Gasteiger partial charge is 0.323 e. The molecule has 112 valence electrons. The zero-order valence-corrected chi connectivity index (χ0v) is 12.8. The maximum absolute atomic E-state index is 12.1. The van der Waals surface area contributed by atoms with Crippen molar-refractivity contribution in [2.75, 3.05) is 7.11 Å². The molecule has 0 bridgehead atoms. The third-order valence-electron chi connectivity index (χ3n) is 2.71. The standard InChI is InChI=1S/C14H21NO4S/c1-11(2)9-13(14(16)19-3)15-20(17,18)10-12-7-5-4-6-8-12/h4-8,11,13,15H,9-10H2,1-3H3/t13-/m1/s1. The number of hydrogen-bond acceptors (Lipinski definition) is 4. The van der Waals surface area contributed by atoms with E-state index in [1.807, 2.05) is 19.9 Å². The van der Waals surface area contributed by atoms with E-state index in [1.54, 1.807) is 24.3 Å². The molecule has 0 radical (unpaired) electrons. The van der Waals surface area contributed by atoms with Gasteiger partial charge < -0.3 is 4.74 Å². The van der Waals surface area contributed by atoms with Crippen LogP contribution in [0.1, 0.15) is 25.8 Å². The Morgan fingerprint density at radius 3 is 2.35 bits per heavy atom. The molecule has 6 heteroatoms. The minimum Gasteiger partial charge on any atom is -0.468 e. The van der Waals surface area contributed by atoms with Crippen molar-refractivity contribution < 1.29 is 17.9 Å². The lowest BCUT2D eigenvalue weighted by molar-refractivity contribution is -0.143. The summed E-state index contributed by atoms with van der Waals surface area (Å²) in [5, 5.41) is 0. The summed E-state index contributed by atoms with van der Waals surface area (Å²) in [5.41, 5.74) is 0.674. The van der Waals surface area contributed by atoms with E-state index in [0.29, 0.717) is 12.0 Å². The van der Waals surface area contributed by atoms with Crippen LogP contribution in [0.3, 0.4) is 0 Å². The third kappa shape index (κ3) is 5.71. The number of hydrogen-bond donors (Lipinski definition) is 1. The van der Waals surface area contributed by atoms with Crippen LogP contribution in [0.15, 0.2) is 30.3 Å². The molecule has 0 unspecified atom stereocenters. The molecule has 0 fully saturated rings. The van der Waals surface area contributed by atoms with Gasteiger partial charge in [-0.1, -0.05) is 44.2 Å². The van der Waals surface area contributed by atoms with Gasteiger partial charge in [-0.15, -0.1) is 0 Å². The van der Waals surface area contributed by atoms with E-state index in [9.17, 15) is 13.2 Å². The molecule has 1 aromatic carbocycles. The minimum absolute atomic E-state index is 0.153. The first-order chi connectivity index (χ1) is 9.34. The van der Waals surface area contributed by atoms with Crippen LogP contribution >= 0.6 is 0 Å². The van der Waals surface area contributed by atoms with Crippen molar-refractivity contribution in [2.45, 2.75) is 32.1 Å². The van der Waals surface area contributed by atoms with Crippen molar-refractivity contribution in [3.63, 3.8) is 0 Å². The SMILES string of the molecule is COC(=O)[C@@H](CC(C)C)NS(=O)(=O)Cc1ccccc1. The molecule has 0 aliphatic heterocycles. The number of methoxy groups -OCH3 is 1. The monoisotopic (exact) mass is 299 g/mol. The van der Waals surface area contributed by atoms with E-state index in [0.717, 1.165) is 0 Å². The van der Waals surface area contributed by atoms with Crippen LogP contribution in [0.25, 0.3) is 0 Å². The van der Waals surface area contributed by atoms with Crippen LogP contribution in [0.5, 0.6) is 0 Å². The van der Waals surface area contributed by atoms with Gasteiger partial charge in [-0.25, -0.2) is 13.1 Å². The Kier molecular flexibility index (Phi) is 6.16. The number of carbonyl (C=O) groups is 1. The van der Waals surface area contributed by atoms with Crippen LogP contribution in [0, 0.1) is 5.92 Å². The lowest BCUT2D eigenvalue weighted by atomic mass is 10.1. The first kappa shape index (κ1) is 16.7. The Balaban J connectivity index is 2.78. The van der Waals surface area contributed by atoms with E-state index >= 15 is 0 Å². The molecule has 1 N–H and O–H groups in total. The maximum Gasteiger partial charge on any atom is 0.323 e. The van der Waals surface area contributed by atoms with Crippen LogP contribution in [0.2, 0.25) is 0 Å². The molecule has 1 aromatic rings. The van der Waals surface area contributed by atoms with Gasteiger partial charge in [-0.3, -0.25) is 4.79 Å². The molecular weight excluding hydrogens is 278 g/mol.